The van der Waals surface area contributed by atoms with E-state index in [-0.39, 0.29) is 0 Å². The number of H-pyrrole nitrogens is 1. The highest BCUT2D eigenvalue weighted by molar-refractivity contribution is 5.77. The first-order valence-electron chi connectivity index (χ1n) is 6.60. The second kappa shape index (κ2) is 4.78. The van der Waals surface area contributed by atoms with Crippen molar-refractivity contribution in [3.05, 3.63) is 24.4 Å². The summed E-state index contributed by atoms with van der Waals surface area (Å²) in [5.74, 6) is 1.83. The summed E-state index contributed by atoms with van der Waals surface area (Å²) in [6.07, 6.45) is 8.89. The molecular formula is C14H19N3. The van der Waals surface area contributed by atoms with Gasteiger partial charge >= 0.3 is 0 Å². The van der Waals surface area contributed by atoms with Gasteiger partial charge in [-0.25, -0.2) is 4.98 Å². The number of aromatic nitrogens is 2. The van der Waals surface area contributed by atoms with E-state index in [0.29, 0.717) is 0 Å². The molecule has 0 amide bonds. The summed E-state index contributed by atoms with van der Waals surface area (Å²) in [5.41, 5.74) is 0.971. The molecule has 17 heavy (non-hydrogen) atoms. The predicted octanol–water partition coefficient (Wildman–Crippen LogP) is 3.56. The van der Waals surface area contributed by atoms with E-state index in [2.05, 4.69) is 27.4 Å². The zero-order valence-electron chi connectivity index (χ0n) is 10.1. The maximum Gasteiger partial charge on any atom is 0.139 e. The summed E-state index contributed by atoms with van der Waals surface area (Å²) in [5, 5.41) is 4.64. The molecule has 0 saturated heterocycles. The predicted molar refractivity (Wildman–Crippen MR) is 71.2 cm³/mol. The molecule has 0 bridgehead atoms. The van der Waals surface area contributed by atoms with Gasteiger partial charge in [-0.05, 0) is 37.0 Å². The van der Waals surface area contributed by atoms with E-state index in [1.165, 1.54) is 37.5 Å². The normalized spacial score (nSPS) is 17.4. The van der Waals surface area contributed by atoms with Crippen molar-refractivity contribution in [1.29, 1.82) is 0 Å². The lowest BCUT2D eigenvalue weighted by molar-refractivity contribution is 0.373. The summed E-state index contributed by atoms with van der Waals surface area (Å²) in [7, 11) is 0. The minimum absolute atomic E-state index is 0.838. The molecule has 1 fully saturated rings. The summed E-state index contributed by atoms with van der Waals surface area (Å²) in [4.78, 5) is 7.70. The van der Waals surface area contributed by atoms with Gasteiger partial charge in [-0.15, -0.1) is 0 Å². The molecule has 2 N–H and O–H groups in total. The summed E-state index contributed by atoms with van der Waals surface area (Å²) < 4.78 is 0. The number of anilines is 1. The molecule has 1 aliphatic rings. The van der Waals surface area contributed by atoms with Crippen LogP contribution in [0.15, 0.2) is 24.4 Å². The summed E-state index contributed by atoms with van der Waals surface area (Å²) in [6.45, 7) is 1.07. The van der Waals surface area contributed by atoms with E-state index >= 15 is 0 Å². The van der Waals surface area contributed by atoms with Gasteiger partial charge in [-0.1, -0.05) is 19.3 Å². The molecule has 0 atom stereocenters. The van der Waals surface area contributed by atoms with Crippen LogP contribution in [0, 0.1) is 5.92 Å². The molecule has 2 aromatic rings. The van der Waals surface area contributed by atoms with E-state index in [0.717, 1.165) is 23.9 Å². The molecule has 90 valence electrons. The Kier molecular flexibility index (Phi) is 2.99. The largest absolute Gasteiger partial charge is 0.370 e. The van der Waals surface area contributed by atoms with E-state index in [1.54, 1.807) is 0 Å². The Balaban J connectivity index is 1.63. The molecular weight excluding hydrogens is 210 g/mol. The van der Waals surface area contributed by atoms with Crippen molar-refractivity contribution in [3.63, 3.8) is 0 Å². The number of rotatable bonds is 3. The quantitative estimate of drug-likeness (QED) is 0.845. The van der Waals surface area contributed by atoms with Gasteiger partial charge in [0.1, 0.15) is 11.5 Å². The second-order valence-electron chi connectivity index (χ2n) is 5.00. The van der Waals surface area contributed by atoms with Crippen molar-refractivity contribution in [3.8, 4) is 0 Å². The van der Waals surface area contributed by atoms with Crippen LogP contribution in [0.3, 0.4) is 0 Å². The average Bonchev–Trinajstić information content (AvgIpc) is 2.85. The smallest absolute Gasteiger partial charge is 0.139 e. The van der Waals surface area contributed by atoms with Crippen LogP contribution in [0.25, 0.3) is 11.0 Å². The number of hydrogen-bond acceptors (Lipinski definition) is 2. The lowest BCUT2D eigenvalue weighted by Gasteiger charge is -2.21. The van der Waals surface area contributed by atoms with Gasteiger partial charge in [-0.2, -0.15) is 0 Å². The highest BCUT2D eigenvalue weighted by Gasteiger charge is 2.13. The van der Waals surface area contributed by atoms with Crippen molar-refractivity contribution in [1.82, 2.24) is 9.97 Å². The zero-order chi connectivity index (χ0) is 11.5. The third-order valence-corrected chi connectivity index (χ3v) is 3.71. The fourth-order valence-electron chi connectivity index (χ4n) is 2.67. The molecule has 3 rings (SSSR count). The Bertz CT molecular complexity index is 483. The van der Waals surface area contributed by atoms with Crippen molar-refractivity contribution in [2.24, 2.45) is 5.92 Å². The van der Waals surface area contributed by atoms with Crippen LogP contribution < -0.4 is 5.32 Å². The molecule has 3 nitrogen and oxygen atoms in total. The first-order chi connectivity index (χ1) is 8.42. The Morgan fingerprint density at radius 2 is 2.06 bits per heavy atom. The van der Waals surface area contributed by atoms with Gasteiger partial charge in [0.2, 0.25) is 0 Å². The van der Waals surface area contributed by atoms with Gasteiger partial charge < -0.3 is 10.3 Å². The van der Waals surface area contributed by atoms with Gasteiger partial charge in [0.15, 0.2) is 0 Å². The van der Waals surface area contributed by atoms with Crippen LogP contribution in [-0.2, 0) is 0 Å². The third-order valence-electron chi connectivity index (χ3n) is 3.71. The highest BCUT2D eigenvalue weighted by Crippen LogP contribution is 2.24. The Morgan fingerprint density at radius 1 is 1.18 bits per heavy atom. The molecule has 3 heteroatoms. The molecule has 2 aromatic heterocycles. The SMILES string of the molecule is c1cc2ccc(NCC3CCCCC3)nc2[nH]1. The van der Waals surface area contributed by atoms with Gasteiger partial charge in [-0.3, -0.25) is 0 Å². The monoisotopic (exact) mass is 229 g/mol. The van der Waals surface area contributed by atoms with Gasteiger partial charge in [0.25, 0.3) is 0 Å². The Hall–Kier alpha value is -1.51. The summed E-state index contributed by atoms with van der Waals surface area (Å²) >= 11 is 0. The third kappa shape index (κ3) is 2.43. The first-order valence-corrected chi connectivity index (χ1v) is 6.60. The van der Waals surface area contributed by atoms with E-state index in [1.807, 2.05) is 12.3 Å². The maximum absolute atomic E-state index is 4.55. The first kappa shape index (κ1) is 10.6. The molecule has 0 spiro atoms. The van der Waals surface area contributed by atoms with Crippen LogP contribution >= 0.6 is 0 Å². The molecule has 1 aliphatic carbocycles. The lowest BCUT2D eigenvalue weighted by atomic mass is 9.89. The van der Waals surface area contributed by atoms with Crippen molar-refractivity contribution in [2.45, 2.75) is 32.1 Å². The zero-order valence-corrected chi connectivity index (χ0v) is 10.1. The van der Waals surface area contributed by atoms with E-state index in [9.17, 15) is 0 Å². The minimum Gasteiger partial charge on any atom is -0.370 e. The van der Waals surface area contributed by atoms with Crippen LogP contribution in [-0.4, -0.2) is 16.5 Å². The number of pyridine rings is 1. The number of nitrogens with zero attached hydrogens (tertiary/aromatic N) is 1. The Morgan fingerprint density at radius 3 is 2.94 bits per heavy atom. The number of hydrogen-bond donors (Lipinski definition) is 2. The standard InChI is InChI=1S/C14H19N3/c1-2-4-11(5-3-1)10-16-13-7-6-12-8-9-15-14(12)17-13/h6-9,11H,1-5,10H2,(H2,15,16,17). The van der Waals surface area contributed by atoms with Crippen LogP contribution in [0.5, 0.6) is 0 Å². The average molecular weight is 229 g/mol. The van der Waals surface area contributed by atoms with Crippen LogP contribution in [0.4, 0.5) is 5.82 Å². The van der Waals surface area contributed by atoms with Crippen LogP contribution in [0.2, 0.25) is 0 Å². The number of nitrogens with one attached hydrogen (secondary N) is 2. The number of aromatic amines is 1. The maximum atomic E-state index is 4.55. The molecule has 0 aliphatic heterocycles. The van der Waals surface area contributed by atoms with E-state index < -0.39 is 0 Å². The van der Waals surface area contributed by atoms with Crippen molar-refractivity contribution >= 4 is 16.9 Å². The molecule has 1 saturated carbocycles. The highest BCUT2D eigenvalue weighted by atomic mass is 15.0. The van der Waals surface area contributed by atoms with Crippen molar-refractivity contribution < 1.29 is 0 Å². The number of fused-ring (bicyclic) bond motifs is 1. The molecule has 0 unspecified atom stereocenters. The summed E-state index contributed by atoms with van der Waals surface area (Å²) in [6, 6.07) is 6.23. The topological polar surface area (TPSA) is 40.7 Å². The fourth-order valence-corrected chi connectivity index (χ4v) is 2.67. The lowest BCUT2D eigenvalue weighted by Crippen LogP contribution is -2.17. The molecule has 0 aromatic carbocycles. The van der Waals surface area contributed by atoms with Gasteiger partial charge in [0, 0.05) is 18.1 Å². The van der Waals surface area contributed by atoms with Gasteiger partial charge in [0.05, 0.1) is 0 Å². The molecule has 2 heterocycles. The van der Waals surface area contributed by atoms with Crippen molar-refractivity contribution in [2.75, 3.05) is 11.9 Å². The Labute approximate surface area is 102 Å². The molecule has 0 radical (unpaired) electrons. The van der Waals surface area contributed by atoms with E-state index in [4.69, 9.17) is 0 Å². The fraction of sp³-hybridized carbons (Fsp3) is 0.500. The second-order valence-corrected chi connectivity index (χ2v) is 5.00. The van der Waals surface area contributed by atoms with Crippen LogP contribution in [0.1, 0.15) is 32.1 Å². The minimum atomic E-state index is 0.838.